The van der Waals surface area contributed by atoms with E-state index in [0.717, 1.165) is 54.2 Å². The molecule has 1 aliphatic heterocycles. The van der Waals surface area contributed by atoms with Crippen LogP contribution in [0.4, 0.5) is 5.82 Å². The van der Waals surface area contributed by atoms with Gasteiger partial charge in [-0.05, 0) is 23.8 Å². The molecule has 1 fully saturated rings. The van der Waals surface area contributed by atoms with Crippen molar-refractivity contribution in [2.75, 3.05) is 31.1 Å². The SMILES string of the molecule is NS(=O)c1cncc(-c2ccc3ncc(N4CCNCC4)nc3c2)c1. The van der Waals surface area contributed by atoms with E-state index < -0.39 is 11.0 Å². The molecule has 3 N–H and O–H groups in total. The van der Waals surface area contributed by atoms with E-state index in [0.29, 0.717) is 4.90 Å². The van der Waals surface area contributed by atoms with E-state index in [1.54, 1.807) is 12.3 Å². The summed E-state index contributed by atoms with van der Waals surface area (Å²) in [4.78, 5) is 16.2. The van der Waals surface area contributed by atoms with Gasteiger partial charge in [0.2, 0.25) is 0 Å². The number of aromatic nitrogens is 3. The summed E-state index contributed by atoms with van der Waals surface area (Å²) >= 11 is 0. The van der Waals surface area contributed by atoms with E-state index in [4.69, 9.17) is 10.1 Å². The smallest absolute Gasteiger partial charge is 0.147 e. The highest BCUT2D eigenvalue weighted by atomic mass is 32.2. The molecular weight excluding hydrogens is 336 g/mol. The Kier molecular flexibility index (Phi) is 4.39. The van der Waals surface area contributed by atoms with Gasteiger partial charge in [-0.25, -0.2) is 14.3 Å². The number of nitrogens with zero attached hydrogens (tertiary/aromatic N) is 4. The number of nitrogens with one attached hydrogen (secondary N) is 1. The molecule has 0 amide bonds. The van der Waals surface area contributed by atoms with Crippen molar-refractivity contribution in [1.29, 1.82) is 0 Å². The molecule has 1 saturated heterocycles. The Hall–Kier alpha value is -2.42. The van der Waals surface area contributed by atoms with Crippen LogP contribution in [0.3, 0.4) is 0 Å². The zero-order valence-electron chi connectivity index (χ0n) is 13.6. The second-order valence-electron chi connectivity index (χ2n) is 5.88. The number of pyridine rings is 1. The van der Waals surface area contributed by atoms with E-state index in [1.165, 1.54) is 6.20 Å². The third-order valence-electron chi connectivity index (χ3n) is 4.25. The highest BCUT2D eigenvalue weighted by molar-refractivity contribution is 7.82. The predicted octanol–water partition coefficient (Wildman–Crippen LogP) is 1.08. The van der Waals surface area contributed by atoms with Crippen LogP contribution in [0, 0.1) is 0 Å². The maximum atomic E-state index is 11.5. The molecule has 1 unspecified atom stereocenters. The van der Waals surface area contributed by atoms with E-state index >= 15 is 0 Å². The summed E-state index contributed by atoms with van der Waals surface area (Å²) in [6.45, 7) is 3.76. The number of hydrogen-bond donors (Lipinski definition) is 2. The van der Waals surface area contributed by atoms with Crippen LogP contribution in [0.15, 0.2) is 47.8 Å². The number of fused-ring (bicyclic) bond motifs is 1. The fraction of sp³-hybridized carbons (Fsp3) is 0.235. The number of anilines is 1. The van der Waals surface area contributed by atoms with Gasteiger partial charge in [0.15, 0.2) is 0 Å². The first kappa shape index (κ1) is 16.1. The zero-order valence-corrected chi connectivity index (χ0v) is 14.4. The zero-order chi connectivity index (χ0) is 17.2. The Bertz CT molecular complexity index is 941. The Morgan fingerprint density at radius 1 is 1.04 bits per heavy atom. The molecule has 3 aromatic rings. The summed E-state index contributed by atoms with van der Waals surface area (Å²) in [7, 11) is -1.55. The van der Waals surface area contributed by atoms with E-state index in [-0.39, 0.29) is 0 Å². The fourth-order valence-electron chi connectivity index (χ4n) is 2.91. The van der Waals surface area contributed by atoms with Crippen LogP contribution in [0.5, 0.6) is 0 Å². The molecule has 7 nitrogen and oxygen atoms in total. The molecule has 1 atom stereocenters. The van der Waals surface area contributed by atoms with Gasteiger partial charge in [-0.3, -0.25) is 9.97 Å². The molecule has 1 aromatic carbocycles. The van der Waals surface area contributed by atoms with Gasteiger partial charge in [0.05, 0.1) is 22.1 Å². The summed E-state index contributed by atoms with van der Waals surface area (Å²) in [5.74, 6) is 0.890. The van der Waals surface area contributed by atoms with Crippen molar-refractivity contribution in [1.82, 2.24) is 20.3 Å². The molecule has 4 rings (SSSR count). The summed E-state index contributed by atoms with van der Waals surface area (Å²) in [5, 5.41) is 8.79. The first-order valence-corrected chi connectivity index (χ1v) is 9.26. The summed E-state index contributed by atoms with van der Waals surface area (Å²) in [6.07, 6.45) is 5.07. The van der Waals surface area contributed by atoms with Crippen LogP contribution in [-0.4, -0.2) is 45.3 Å². The minimum absolute atomic E-state index is 0.498. The molecule has 0 radical (unpaired) electrons. The van der Waals surface area contributed by atoms with Gasteiger partial charge in [0, 0.05) is 44.1 Å². The van der Waals surface area contributed by atoms with Gasteiger partial charge >= 0.3 is 0 Å². The number of benzene rings is 1. The van der Waals surface area contributed by atoms with Gasteiger partial charge in [-0.1, -0.05) is 6.07 Å². The van der Waals surface area contributed by atoms with Crippen LogP contribution in [0.2, 0.25) is 0 Å². The average molecular weight is 354 g/mol. The van der Waals surface area contributed by atoms with Crippen molar-refractivity contribution in [2.45, 2.75) is 4.90 Å². The molecule has 1 aliphatic rings. The minimum Gasteiger partial charge on any atom is -0.353 e. The predicted molar refractivity (Wildman–Crippen MR) is 98.4 cm³/mol. The van der Waals surface area contributed by atoms with Gasteiger partial charge in [-0.2, -0.15) is 0 Å². The number of hydrogen-bond acceptors (Lipinski definition) is 6. The Morgan fingerprint density at radius 2 is 1.88 bits per heavy atom. The molecule has 128 valence electrons. The number of piperazine rings is 1. The second-order valence-corrected chi connectivity index (χ2v) is 6.94. The highest BCUT2D eigenvalue weighted by Crippen LogP contribution is 2.24. The van der Waals surface area contributed by atoms with Gasteiger partial charge < -0.3 is 10.2 Å². The quantitative estimate of drug-likeness (QED) is 0.731. The molecular formula is C17H18N6OS. The Labute approximate surface area is 147 Å². The van der Waals surface area contributed by atoms with Crippen molar-refractivity contribution in [2.24, 2.45) is 5.14 Å². The first-order chi connectivity index (χ1) is 12.2. The van der Waals surface area contributed by atoms with Gasteiger partial charge in [0.1, 0.15) is 16.8 Å². The van der Waals surface area contributed by atoms with E-state index in [2.05, 4.69) is 20.2 Å². The minimum atomic E-state index is -1.55. The highest BCUT2D eigenvalue weighted by Gasteiger charge is 2.13. The number of rotatable bonds is 3. The standard InChI is InChI=1S/C17H18N6OS/c18-25(24)14-7-13(9-20-10-14)12-1-2-15-16(8-12)22-17(11-21-15)23-5-3-19-4-6-23/h1-2,7-11,19H,3-6,18H2. The van der Waals surface area contributed by atoms with Crippen LogP contribution in [0.1, 0.15) is 0 Å². The molecule has 25 heavy (non-hydrogen) atoms. The largest absolute Gasteiger partial charge is 0.353 e. The van der Waals surface area contributed by atoms with Gasteiger partial charge in [0.25, 0.3) is 0 Å². The Balaban J connectivity index is 1.73. The van der Waals surface area contributed by atoms with Crippen molar-refractivity contribution in [3.8, 4) is 11.1 Å². The monoisotopic (exact) mass is 354 g/mol. The lowest BCUT2D eigenvalue weighted by Gasteiger charge is -2.28. The maximum Gasteiger partial charge on any atom is 0.147 e. The third kappa shape index (κ3) is 3.37. The van der Waals surface area contributed by atoms with Crippen LogP contribution in [0.25, 0.3) is 22.2 Å². The van der Waals surface area contributed by atoms with Crippen LogP contribution >= 0.6 is 0 Å². The topological polar surface area (TPSA) is 97.0 Å². The first-order valence-electron chi connectivity index (χ1n) is 8.05. The molecule has 0 aliphatic carbocycles. The average Bonchev–Trinajstić information content (AvgIpc) is 2.68. The molecule has 0 bridgehead atoms. The molecule has 0 spiro atoms. The van der Waals surface area contributed by atoms with E-state index in [9.17, 15) is 4.21 Å². The lowest BCUT2D eigenvalue weighted by molar-refractivity contribution is 0.585. The Morgan fingerprint density at radius 3 is 2.68 bits per heavy atom. The molecule has 2 aromatic heterocycles. The van der Waals surface area contributed by atoms with Crippen molar-refractivity contribution in [3.05, 3.63) is 42.9 Å². The van der Waals surface area contributed by atoms with Crippen LogP contribution < -0.4 is 15.4 Å². The fourth-order valence-corrected chi connectivity index (χ4v) is 3.32. The summed E-state index contributed by atoms with van der Waals surface area (Å²) in [6, 6.07) is 7.67. The van der Waals surface area contributed by atoms with Gasteiger partial charge in [-0.15, -0.1) is 0 Å². The van der Waals surface area contributed by atoms with Crippen molar-refractivity contribution >= 4 is 27.8 Å². The maximum absolute atomic E-state index is 11.5. The van der Waals surface area contributed by atoms with E-state index in [1.807, 2.05) is 24.4 Å². The molecule has 0 saturated carbocycles. The third-order valence-corrected chi connectivity index (χ3v) is 4.94. The molecule has 3 heterocycles. The summed E-state index contributed by atoms with van der Waals surface area (Å²) < 4.78 is 11.5. The van der Waals surface area contributed by atoms with Crippen LogP contribution in [-0.2, 0) is 11.0 Å². The van der Waals surface area contributed by atoms with Crippen molar-refractivity contribution < 1.29 is 4.21 Å². The summed E-state index contributed by atoms with van der Waals surface area (Å²) in [5.41, 5.74) is 3.47. The lowest BCUT2D eigenvalue weighted by atomic mass is 10.1. The molecule has 8 heteroatoms. The number of nitrogens with two attached hydrogens (primary N) is 1. The lowest BCUT2D eigenvalue weighted by Crippen LogP contribution is -2.43. The normalized spacial score (nSPS) is 16.1. The second kappa shape index (κ2) is 6.83. The van der Waals surface area contributed by atoms with Crippen molar-refractivity contribution in [3.63, 3.8) is 0 Å².